The second-order valence-corrected chi connectivity index (χ2v) is 12.2. The van der Waals surface area contributed by atoms with E-state index in [2.05, 4.69) is 5.32 Å². The summed E-state index contributed by atoms with van der Waals surface area (Å²) in [7, 11) is -4.18. The molecule has 42 heavy (non-hydrogen) atoms. The quantitative estimate of drug-likeness (QED) is 0.256. The lowest BCUT2D eigenvalue weighted by molar-refractivity contribution is -0.139. The predicted molar refractivity (Wildman–Crippen MR) is 167 cm³/mol. The Labute approximate surface area is 250 Å². The van der Waals surface area contributed by atoms with Crippen LogP contribution in [-0.2, 0) is 26.0 Å². The van der Waals surface area contributed by atoms with Gasteiger partial charge in [0.15, 0.2) is 0 Å². The number of anilines is 1. The van der Waals surface area contributed by atoms with Gasteiger partial charge in [0, 0.05) is 12.6 Å². The van der Waals surface area contributed by atoms with Crippen molar-refractivity contribution in [3.63, 3.8) is 0 Å². The summed E-state index contributed by atoms with van der Waals surface area (Å²) in [5.41, 5.74) is 2.18. The molecular weight excluding hydrogens is 550 g/mol. The van der Waals surface area contributed by atoms with Crippen LogP contribution in [0.3, 0.4) is 0 Å². The Morgan fingerprint density at radius 1 is 0.881 bits per heavy atom. The van der Waals surface area contributed by atoms with E-state index in [0.717, 1.165) is 21.9 Å². The number of sulfonamides is 1. The van der Waals surface area contributed by atoms with E-state index in [4.69, 9.17) is 4.74 Å². The van der Waals surface area contributed by atoms with Crippen LogP contribution in [0, 0.1) is 6.92 Å². The van der Waals surface area contributed by atoms with Gasteiger partial charge in [0.25, 0.3) is 10.0 Å². The van der Waals surface area contributed by atoms with Gasteiger partial charge in [-0.15, -0.1) is 0 Å². The zero-order chi connectivity index (χ0) is 30.7. The van der Waals surface area contributed by atoms with E-state index in [0.29, 0.717) is 25.2 Å². The lowest BCUT2D eigenvalue weighted by atomic mass is 10.1. The number of hydrogen-bond acceptors (Lipinski definition) is 5. The number of para-hydroxylation sites is 2. The van der Waals surface area contributed by atoms with E-state index < -0.39 is 28.5 Å². The first-order chi connectivity index (χ1) is 20.1. The maximum absolute atomic E-state index is 14.2. The molecule has 0 bridgehead atoms. The number of nitrogens with one attached hydrogen (secondary N) is 1. The molecule has 0 saturated carbocycles. The fourth-order valence-corrected chi connectivity index (χ4v) is 6.05. The monoisotopic (exact) mass is 593 g/mol. The number of nitrogens with zero attached hydrogens (tertiary/aromatic N) is 2. The van der Waals surface area contributed by atoms with E-state index in [-0.39, 0.29) is 29.1 Å². The van der Waals surface area contributed by atoms with E-state index >= 15 is 0 Å². The van der Waals surface area contributed by atoms with Crippen LogP contribution in [0.15, 0.2) is 83.8 Å². The molecule has 0 aliphatic heterocycles. The number of carbonyl (C=O) groups excluding carboxylic acids is 2. The van der Waals surface area contributed by atoms with Gasteiger partial charge >= 0.3 is 0 Å². The number of aryl methyl sites for hydroxylation is 1. The molecule has 0 aromatic heterocycles. The summed E-state index contributed by atoms with van der Waals surface area (Å²) in [6.45, 7) is 9.52. The zero-order valence-electron chi connectivity index (χ0n) is 25.2. The molecule has 3 rings (SSSR count). The van der Waals surface area contributed by atoms with Gasteiger partial charge in [0.05, 0.1) is 17.2 Å². The van der Waals surface area contributed by atoms with Gasteiger partial charge in [0.2, 0.25) is 11.8 Å². The van der Waals surface area contributed by atoms with Crippen LogP contribution in [0.4, 0.5) is 5.69 Å². The SMILES string of the molecule is CCOc1ccccc1N(CC(=O)N(CCc1ccccc1)[C@@H](CC)C(=O)N[C@H](C)CC)S(=O)(=O)c1ccc(C)cc1. The first kappa shape index (κ1) is 32.7. The molecule has 0 aliphatic carbocycles. The number of hydrogen-bond donors (Lipinski definition) is 1. The molecule has 2 atom stereocenters. The highest BCUT2D eigenvalue weighted by atomic mass is 32.2. The van der Waals surface area contributed by atoms with Crippen LogP contribution in [0.1, 0.15) is 51.7 Å². The van der Waals surface area contributed by atoms with Crippen molar-refractivity contribution in [1.82, 2.24) is 10.2 Å². The first-order valence-electron chi connectivity index (χ1n) is 14.6. The minimum Gasteiger partial charge on any atom is -0.492 e. The van der Waals surface area contributed by atoms with Crippen LogP contribution in [0.25, 0.3) is 0 Å². The second kappa shape index (κ2) is 15.4. The van der Waals surface area contributed by atoms with Gasteiger partial charge in [-0.25, -0.2) is 8.42 Å². The zero-order valence-corrected chi connectivity index (χ0v) is 26.1. The fraction of sp³-hybridized carbons (Fsp3) is 0.394. The average Bonchev–Trinajstić information content (AvgIpc) is 2.99. The van der Waals surface area contributed by atoms with Crippen LogP contribution < -0.4 is 14.4 Å². The molecule has 0 spiro atoms. The van der Waals surface area contributed by atoms with Gasteiger partial charge in [-0.3, -0.25) is 13.9 Å². The minimum atomic E-state index is -4.18. The van der Waals surface area contributed by atoms with Gasteiger partial charge in [-0.2, -0.15) is 0 Å². The minimum absolute atomic E-state index is 0.0598. The molecule has 1 N–H and O–H groups in total. The van der Waals surface area contributed by atoms with Crippen molar-refractivity contribution in [2.24, 2.45) is 0 Å². The van der Waals surface area contributed by atoms with Crippen molar-refractivity contribution in [2.75, 3.05) is 24.0 Å². The Morgan fingerprint density at radius 2 is 1.52 bits per heavy atom. The molecule has 0 aliphatic rings. The molecule has 0 unspecified atom stereocenters. The Bertz CT molecular complexity index is 1410. The highest BCUT2D eigenvalue weighted by Crippen LogP contribution is 2.33. The van der Waals surface area contributed by atoms with E-state index in [1.807, 2.05) is 65.0 Å². The van der Waals surface area contributed by atoms with E-state index in [9.17, 15) is 18.0 Å². The Kier molecular flexibility index (Phi) is 12.0. The van der Waals surface area contributed by atoms with E-state index in [1.54, 1.807) is 36.4 Å². The van der Waals surface area contributed by atoms with Crippen molar-refractivity contribution < 1.29 is 22.7 Å². The largest absolute Gasteiger partial charge is 0.492 e. The van der Waals surface area contributed by atoms with Gasteiger partial charge in [-0.05, 0) is 69.9 Å². The Balaban J connectivity index is 2.06. The summed E-state index contributed by atoms with van der Waals surface area (Å²) < 4.78 is 35.1. The van der Waals surface area contributed by atoms with Crippen LogP contribution in [0.2, 0.25) is 0 Å². The third-order valence-corrected chi connectivity index (χ3v) is 8.97. The number of amides is 2. The summed E-state index contributed by atoms with van der Waals surface area (Å²) in [4.78, 5) is 29.2. The molecule has 8 nitrogen and oxygen atoms in total. The molecule has 0 radical (unpaired) electrons. The molecule has 3 aromatic carbocycles. The summed E-state index contributed by atoms with van der Waals surface area (Å²) in [5, 5.41) is 3.00. The van der Waals surface area contributed by atoms with Crippen molar-refractivity contribution in [3.05, 3.63) is 90.0 Å². The first-order valence-corrected chi connectivity index (χ1v) is 16.0. The third kappa shape index (κ3) is 8.35. The number of rotatable bonds is 15. The summed E-state index contributed by atoms with van der Waals surface area (Å²) >= 11 is 0. The lowest BCUT2D eigenvalue weighted by Gasteiger charge is -2.34. The molecule has 226 valence electrons. The third-order valence-electron chi connectivity index (χ3n) is 7.19. The molecule has 9 heteroatoms. The highest BCUT2D eigenvalue weighted by Gasteiger charge is 2.34. The average molecular weight is 594 g/mol. The summed E-state index contributed by atoms with van der Waals surface area (Å²) in [5.74, 6) is -0.379. The van der Waals surface area contributed by atoms with Gasteiger partial charge < -0.3 is 15.0 Å². The number of benzene rings is 3. The van der Waals surface area contributed by atoms with Crippen molar-refractivity contribution in [3.8, 4) is 5.75 Å². The fourth-order valence-electron chi connectivity index (χ4n) is 4.63. The molecular formula is C33H43N3O5S. The van der Waals surface area contributed by atoms with Crippen molar-refractivity contribution in [1.29, 1.82) is 0 Å². The molecule has 0 saturated heterocycles. The molecule has 0 heterocycles. The standard InChI is InChI=1S/C33H43N3O5S/c1-6-26(5)34-33(38)29(7-2)35(23-22-27-14-10-9-11-15-27)32(37)24-36(30-16-12-13-17-31(30)41-8-3)42(39,40)28-20-18-25(4)19-21-28/h9-21,26,29H,6-8,22-24H2,1-5H3,(H,34,38)/t26-,29+/m1/s1. The topological polar surface area (TPSA) is 96.0 Å². The van der Waals surface area contributed by atoms with Gasteiger partial charge in [0.1, 0.15) is 18.3 Å². The normalized spacial score (nSPS) is 12.7. The molecule has 2 amide bonds. The lowest BCUT2D eigenvalue weighted by Crippen LogP contribution is -2.54. The van der Waals surface area contributed by atoms with Crippen LogP contribution >= 0.6 is 0 Å². The smallest absolute Gasteiger partial charge is 0.264 e. The predicted octanol–water partition coefficient (Wildman–Crippen LogP) is 5.35. The molecule has 3 aromatic rings. The maximum Gasteiger partial charge on any atom is 0.264 e. The Hall–Kier alpha value is -3.85. The van der Waals surface area contributed by atoms with Crippen LogP contribution in [0.5, 0.6) is 5.75 Å². The summed E-state index contributed by atoms with van der Waals surface area (Å²) in [6, 6.07) is 22.2. The van der Waals surface area contributed by atoms with Gasteiger partial charge in [-0.1, -0.05) is 74.0 Å². The maximum atomic E-state index is 14.2. The van der Waals surface area contributed by atoms with Crippen molar-refractivity contribution in [2.45, 2.75) is 70.9 Å². The summed E-state index contributed by atoms with van der Waals surface area (Å²) in [6.07, 6.45) is 1.64. The Morgan fingerprint density at radius 3 is 2.14 bits per heavy atom. The number of carbonyl (C=O) groups is 2. The highest BCUT2D eigenvalue weighted by molar-refractivity contribution is 7.92. The van der Waals surface area contributed by atoms with E-state index in [1.165, 1.54) is 17.0 Å². The van der Waals surface area contributed by atoms with Crippen LogP contribution in [-0.4, -0.2) is 56.9 Å². The van der Waals surface area contributed by atoms with Crippen molar-refractivity contribution >= 4 is 27.5 Å². The number of ether oxygens (including phenoxy) is 1. The molecule has 0 fully saturated rings. The second-order valence-electron chi connectivity index (χ2n) is 10.3.